The number of anilines is 1. The van der Waals surface area contributed by atoms with Crippen LogP contribution in [0, 0.1) is 11.8 Å². The Balaban J connectivity index is 2.08. The second-order valence-electron chi connectivity index (χ2n) is 5.90. The molecule has 0 heterocycles. The lowest BCUT2D eigenvalue weighted by atomic mass is 9.82. The van der Waals surface area contributed by atoms with Crippen LogP contribution in [0.2, 0.25) is 0 Å². The quantitative estimate of drug-likeness (QED) is 0.680. The van der Waals surface area contributed by atoms with E-state index in [4.69, 9.17) is 15.2 Å². The van der Waals surface area contributed by atoms with E-state index in [9.17, 15) is 4.79 Å². The summed E-state index contributed by atoms with van der Waals surface area (Å²) in [6.07, 6.45) is 3.06. The van der Waals surface area contributed by atoms with Crippen molar-refractivity contribution in [2.75, 3.05) is 12.8 Å². The summed E-state index contributed by atoms with van der Waals surface area (Å²) in [5.41, 5.74) is 6.66. The van der Waals surface area contributed by atoms with Crippen molar-refractivity contribution >= 4 is 11.7 Å². The first-order valence-electron chi connectivity index (χ1n) is 7.14. The number of hydrogen-bond donors (Lipinski definition) is 1. The highest BCUT2D eigenvalue weighted by atomic mass is 16.5. The van der Waals surface area contributed by atoms with Gasteiger partial charge in [0.1, 0.15) is 11.9 Å². The third-order valence-electron chi connectivity index (χ3n) is 3.89. The van der Waals surface area contributed by atoms with Gasteiger partial charge in [0.25, 0.3) is 0 Å². The van der Waals surface area contributed by atoms with Crippen LogP contribution in [0.3, 0.4) is 0 Å². The maximum Gasteiger partial charge on any atom is 0.340 e. The first kappa shape index (κ1) is 14.7. The lowest BCUT2D eigenvalue weighted by Crippen LogP contribution is -2.28. The van der Waals surface area contributed by atoms with Crippen LogP contribution in [-0.4, -0.2) is 19.2 Å². The van der Waals surface area contributed by atoms with Gasteiger partial charge >= 0.3 is 5.97 Å². The van der Waals surface area contributed by atoms with Gasteiger partial charge in [-0.1, -0.05) is 13.8 Å². The van der Waals surface area contributed by atoms with Crippen LogP contribution in [0.25, 0.3) is 0 Å². The fourth-order valence-electron chi connectivity index (χ4n) is 3.02. The van der Waals surface area contributed by atoms with Crippen LogP contribution < -0.4 is 10.5 Å². The first-order valence-corrected chi connectivity index (χ1v) is 7.14. The number of rotatable bonds is 3. The highest BCUT2D eigenvalue weighted by molar-refractivity contribution is 5.95. The maximum atomic E-state index is 12.3. The maximum absolute atomic E-state index is 12.3. The van der Waals surface area contributed by atoms with Gasteiger partial charge in [0.15, 0.2) is 0 Å². The van der Waals surface area contributed by atoms with Crippen LogP contribution in [0.1, 0.15) is 43.5 Å². The minimum absolute atomic E-state index is 0.00755. The summed E-state index contributed by atoms with van der Waals surface area (Å²) >= 11 is 0. The Hall–Kier alpha value is -1.71. The molecule has 0 spiro atoms. The molecule has 4 heteroatoms. The predicted molar refractivity (Wildman–Crippen MR) is 78.8 cm³/mol. The third-order valence-corrected chi connectivity index (χ3v) is 3.89. The molecular weight excluding hydrogens is 254 g/mol. The lowest BCUT2D eigenvalue weighted by Gasteiger charge is -2.31. The summed E-state index contributed by atoms with van der Waals surface area (Å²) in [6, 6.07) is 5.03. The van der Waals surface area contributed by atoms with Gasteiger partial charge in [0.2, 0.25) is 0 Å². The highest BCUT2D eigenvalue weighted by Crippen LogP contribution is 2.31. The van der Waals surface area contributed by atoms with Crippen molar-refractivity contribution in [3.63, 3.8) is 0 Å². The Morgan fingerprint density at radius 3 is 2.45 bits per heavy atom. The van der Waals surface area contributed by atoms with Gasteiger partial charge < -0.3 is 15.2 Å². The molecule has 1 aromatic rings. The molecule has 1 fully saturated rings. The number of ether oxygens (including phenoxy) is 2. The molecule has 2 rings (SSSR count). The lowest BCUT2D eigenvalue weighted by molar-refractivity contribution is 0.00814. The van der Waals surface area contributed by atoms with E-state index < -0.39 is 0 Å². The fourth-order valence-corrected chi connectivity index (χ4v) is 3.02. The second-order valence-corrected chi connectivity index (χ2v) is 5.90. The van der Waals surface area contributed by atoms with Crippen molar-refractivity contribution in [3.05, 3.63) is 23.8 Å². The Labute approximate surface area is 120 Å². The standard InChI is InChI=1S/C16H23NO3/c1-10-6-11(2)8-13(7-10)20-16(18)14-9-12(19-3)4-5-15(14)17/h4-5,9-11,13H,6-8,17H2,1-3H3. The Morgan fingerprint density at radius 1 is 1.20 bits per heavy atom. The predicted octanol–water partition coefficient (Wildman–Crippen LogP) is 3.26. The monoisotopic (exact) mass is 277 g/mol. The summed E-state index contributed by atoms with van der Waals surface area (Å²) < 4.78 is 10.7. The number of methoxy groups -OCH3 is 1. The average molecular weight is 277 g/mol. The van der Waals surface area contributed by atoms with Crippen molar-refractivity contribution in [2.45, 2.75) is 39.2 Å². The van der Waals surface area contributed by atoms with E-state index in [0.717, 1.165) is 12.8 Å². The van der Waals surface area contributed by atoms with Gasteiger partial charge in [-0.25, -0.2) is 4.79 Å². The molecule has 2 unspecified atom stereocenters. The minimum Gasteiger partial charge on any atom is -0.497 e. The average Bonchev–Trinajstić information content (AvgIpc) is 2.37. The number of nitrogens with two attached hydrogens (primary N) is 1. The molecule has 110 valence electrons. The van der Waals surface area contributed by atoms with Crippen molar-refractivity contribution in [1.82, 2.24) is 0 Å². The van der Waals surface area contributed by atoms with E-state index in [0.29, 0.717) is 28.8 Å². The smallest absolute Gasteiger partial charge is 0.340 e. The molecule has 1 aliphatic carbocycles. The third kappa shape index (κ3) is 3.44. The summed E-state index contributed by atoms with van der Waals surface area (Å²) in [4.78, 5) is 12.3. The van der Waals surface area contributed by atoms with Gasteiger partial charge in [0.05, 0.1) is 12.7 Å². The van der Waals surface area contributed by atoms with Gasteiger partial charge in [-0.3, -0.25) is 0 Å². The van der Waals surface area contributed by atoms with Crippen LogP contribution >= 0.6 is 0 Å². The molecule has 2 N–H and O–H groups in total. The first-order chi connectivity index (χ1) is 9.49. The molecule has 0 aromatic heterocycles. The van der Waals surface area contributed by atoms with Crippen molar-refractivity contribution < 1.29 is 14.3 Å². The molecule has 20 heavy (non-hydrogen) atoms. The molecule has 1 aliphatic rings. The Bertz CT molecular complexity index is 477. The number of esters is 1. The molecule has 0 bridgehead atoms. The molecule has 0 saturated heterocycles. The van der Waals surface area contributed by atoms with Gasteiger partial charge in [0, 0.05) is 5.69 Å². The summed E-state index contributed by atoms with van der Waals surface area (Å²) in [6.45, 7) is 4.41. The molecule has 0 amide bonds. The van der Waals surface area contributed by atoms with E-state index in [2.05, 4.69) is 13.8 Å². The number of benzene rings is 1. The fraction of sp³-hybridized carbons (Fsp3) is 0.562. The van der Waals surface area contributed by atoms with Gasteiger partial charge in [-0.15, -0.1) is 0 Å². The second kappa shape index (κ2) is 6.16. The Kier molecular flexibility index (Phi) is 4.53. The van der Waals surface area contributed by atoms with E-state index in [1.54, 1.807) is 25.3 Å². The Morgan fingerprint density at radius 2 is 1.85 bits per heavy atom. The molecule has 1 aromatic carbocycles. The molecule has 4 nitrogen and oxygen atoms in total. The van der Waals surface area contributed by atoms with Gasteiger partial charge in [-0.2, -0.15) is 0 Å². The normalized spacial score (nSPS) is 26.1. The number of hydrogen-bond acceptors (Lipinski definition) is 4. The van der Waals surface area contributed by atoms with Crippen molar-refractivity contribution in [3.8, 4) is 5.75 Å². The molecule has 0 aliphatic heterocycles. The number of carbonyl (C=O) groups is 1. The summed E-state index contributed by atoms with van der Waals surface area (Å²) in [5.74, 6) is 1.45. The van der Waals surface area contributed by atoms with E-state index >= 15 is 0 Å². The van der Waals surface area contributed by atoms with E-state index in [1.165, 1.54) is 6.42 Å². The topological polar surface area (TPSA) is 61.5 Å². The number of carbonyl (C=O) groups excluding carboxylic acids is 1. The zero-order valence-corrected chi connectivity index (χ0v) is 12.4. The summed E-state index contributed by atoms with van der Waals surface area (Å²) in [7, 11) is 1.56. The SMILES string of the molecule is COc1ccc(N)c(C(=O)OC2CC(C)CC(C)C2)c1. The highest BCUT2D eigenvalue weighted by Gasteiger charge is 2.27. The zero-order chi connectivity index (χ0) is 14.7. The van der Waals surface area contributed by atoms with E-state index in [-0.39, 0.29) is 12.1 Å². The van der Waals surface area contributed by atoms with Crippen LogP contribution in [0.5, 0.6) is 5.75 Å². The van der Waals surface area contributed by atoms with Gasteiger partial charge in [-0.05, 0) is 49.3 Å². The van der Waals surface area contributed by atoms with Crippen molar-refractivity contribution in [2.24, 2.45) is 11.8 Å². The largest absolute Gasteiger partial charge is 0.497 e. The molecule has 1 saturated carbocycles. The molecule has 0 radical (unpaired) electrons. The molecule has 2 atom stereocenters. The van der Waals surface area contributed by atoms with Crippen LogP contribution in [0.4, 0.5) is 5.69 Å². The van der Waals surface area contributed by atoms with E-state index in [1.807, 2.05) is 0 Å². The van der Waals surface area contributed by atoms with Crippen LogP contribution in [0.15, 0.2) is 18.2 Å². The minimum atomic E-state index is -0.354. The van der Waals surface area contributed by atoms with Crippen molar-refractivity contribution in [1.29, 1.82) is 0 Å². The zero-order valence-electron chi connectivity index (χ0n) is 12.4. The summed E-state index contributed by atoms with van der Waals surface area (Å²) in [5, 5.41) is 0. The van der Waals surface area contributed by atoms with Crippen LogP contribution in [-0.2, 0) is 4.74 Å². The number of nitrogen functional groups attached to an aromatic ring is 1. The molecular formula is C16H23NO3.